The van der Waals surface area contributed by atoms with Crippen LogP contribution in [0.5, 0.6) is 11.5 Å². The molecule has 0 spiro atoms. The van der Waals surface area contributed by atoms with Crippen LogP contribution in [0.25, 0.3) is 0 Å². The lowest BCUT2D eigenvalue weighted by atomic mass is 10.2. The molecule has 1 fully saturated rings. The molecule has 1 aromatic carbocycles. The van der Waals surface area contributed by atoms with Crippen LogP contribution < -0.4 is 14.4 Å². The van der Waals surface area contributed by atoms with Crippen molar-refractivity contribution >= 4 is 5.69 Å². The molecule has 1 heterocycles. The number of ether oxygens (including phenoxy) is 3. The van der Waals surface area contributed by atoms with Crippen LogP contribution in [0.15, 0.2) is 18.2 Å². The van der Waals surface area contributed by atoms with Crippen LogP contribution in [-0.2, 0) is 4.74 Å². The van der Waals surface area contributed by atoms with Crippen molar-refractivity contribution in [2.45, 2.75) is 39.9 Å². The second-order valence-electron chi connectivity index (χ2n) is 5.56. The van der Waals surface area contributed by atoms with E-state index in [2.05, 4.69) is 11.0 Å². The van der Waals surface area contributed by atoms with Gasteiger partial charge in [-0.3, -0.25) is 0 Å². The van der Waals surface area contributed by atoms with Crippen molar-refractivity contribution in [3.63, 3.8) is 0 Å². The Morgan fingerprint density at radius 1 is 1.00 bits per heavy atom. The Morgan fingerprint density at radius 3 is 2.14 bits per heavy atom. The predicted molar refractivity (Wildman–Crippen MR) is 84.5 cm³/mol. The number of nitrogens with zero attached hydrogens (tertiary/aromatic N) is 3. The van der Waals surface area contributed by atoms with Crippen LogP contribution >= 0.6 is 0 Å². The van der Waals surface area contributed by atoms with Crippen molar-refractivity contribution in [3.05, 3.63) is 18.2 Å². The molecule has 1 aliphatic heterocycles. The molecule has 6 nitrogen and oxygen atoms in total. The molecular weight excluding hydrogens is 282 g/mol. The van der Waals surface area contributed by atoms with Crippen molar-refractivity contribution in [2.24, 2.45) is 0 Å². The van der Waals surface area contributed by atoms with Crippen molar-refractivity contribution < 1.29 is 14.2 Å². The lowest BCUT2D eigenvalue weighted by Crippen LogP contribution is -2.36. The molecule has 0 atom stereocenters. The van der Waals surface area contributed by atoms with Gasteiger partial charge < -0.3 is 19.1 Å². The molecule has 1 aliphatic rings. The highest BCUT2D eigenvalue weighted by Crippen LogP contribution is 2.34. The van der Waals surface area contributed by atoms with E-state index in [0.29, 0.717) is 0 Å². The zero-order chi connectivity index (χ0) is 16.5. The van der Waals surface area contributed by atoms with Crippen molar-refractivity contribution in [2.75, 3.05) is 31.2 Å². The maximum atomic E-state index is 6.00. The van der Waals surface area contributed by atoms with Crippen LogP contribution in [0.4, 0.5) is 5.69 Å². The average molecular weight is 307 g/mol. The maximum Gasteiger partial charge on any atom is 0.143 e. The van der Waals surface area contributed by atoms with Gasteiger partial charge in [0.2, 0.25) is 0 Å². The normalized spacial score (nSPS) is 14.5. The minimum Gasteiger partial charge on any atom is -0.491 e. The fraction of sp³-hybridized carbons (Fsp3) is 0.625. The highest BCUT2D eigenvalue weighted by Gasteiger charge is 2.17. The molecule has 1 aromatic rings. The van der Waals surface area contributed by atoms with E-state index >= 15 is 0 Å². The molecule has 122 valence electrons. The average Bonchev–Trinajstić information content (AvgIpc) is 2.51. The monoisotopic (exact) mass is 307 g/mol. The molecule has 0 amide bonds. The zero-order valence-corrected chi connectivity index (χ0v) is 13.8. The highest BCUT2D eigenvalue weighted by molar-refractivity contribution is 5.62. The summed E-state index contributed by atoms with van der Waals surface area (Å²) in [6.45, 7) is 11.5. The molecular formula is C16H25N3O3. The van der Waals surface area contributed by atoms with Gasteiger partial charge in [-0.1, -0.05) is 0 Å². The third kappa shape index (κ3) is 5.41. The predicted octanol–water partition coefficient (Wildman–Crippen LogP) is 3.13. The largest absolute Gasteiger partial charge is 0.491 e. The summed E-state index contributed by atoms with van der Waals surface area (Å²) in [6, 6.07) is 6.05. The fourth-order valence-electron chi connectivity index (χ4n) is 2.25. The molecule has 0 aliphatic carbocycles. The molecule has 6 heteroatoms. The van der Waals surface area contributed by atoms with Gasteiger partial charge in [0, 0.05) is 29.9 Å². The molecule has 2 rings (SSSR count). The number of hydrogen-bond donors (Lipinski definition) is 0. The van der Waals surface area contributed by atoms with Crippen LogP contribution in [0.3, 0.4) is 0 Å². The Labute approximate surface area is 132 Å². The number of rotatable bonds is 5. The van der Waals surface area contributed by atoms with E-state index in [1.165, 1.54) is 0 Å². The van der Waals surface area contributed by atoms with Crippen LogP contribution in [0.2, 0.25) is 0 Å². The Morgan fingerprint density at radius 2 is 1.59 bits per heavy atom. The second-order valence-corrected chi connectivity index (χ2v) is 5.56. The third-order valence-corrected chi connectivity index (χ3v) is 3.02. The number of benzene rings is 1. The smallest absolute Gasteiger partial charge is 0.143 e. The quantitative estimate of drug-likeness (QED) is 0.778. The standard InChI is InChI=1S/C16H25NO3.N2/c1-12(2)19-14-5-6-16(20-13(3)4)15(11-14)17-7-9-18-10-8-17;1-2/h5-6,11-13H,7-10H2,1-4H3;. The summed E-state index contributed by atoms with van der Waals surface area (Å²) in [4.78, 5) is 2.30. The summed E-state index contributed by atoms with van der Waals surface area (Å²) in [7, 11) is 0. The topological polar surface area (TPSA) is 78.5 Å². The summed E-state index contributed by atoms with van der Waals surface area (Å²) in [6.07, 6.45) is 0.330. The lowest BCUT2D eigenvalue weighted by molar-refractivity contribution is 0.122. The van der Waals surface area contributed by atoms with Gasteiger partial charge in [0.05, 0.1) is 31.1 Å². The van der Waals surface area contributed by atoms with E-state index in [-0.39, 0.29) is 12.2 Å². The van der Waals surface area contributed by atoms with Gasteiger partial charge in [-0.2, -0.15) is 0 Å². The van der Waals surface area contributed by atoms with E-state index in [1.807, 2.05) is 39.8 Å². The Balaban J connectivity index is 0.00000116. The van der Waals surface area contributed by atoms with Crippen LogP contribution in [0, 0.1) is 10.8 Å². The SMILES string of the molecule is CC(C)Oc1ccc(OC(C)C)c(N2CCOCC2)c1.N#N. The van der Waals surface area contributed by atoms with E-state index in [1.54, 1.807) is 0 Å². The summed E-state index contributed by atoms with van der Waals surface area (Å²) < 4.78 is 17.1. The first-order valence-electron chi connectivity index (χ1n) is 7.56. The summed E-state index contributed by atoms with van der Waals surface area (Å²) in [5.41, 5.74) is 1.10. The first-order chi connectivity index (χ1) is 10.6. The van der Waals surface area contributed by atoms with Gasteiger partial charge in [-0.05, 0) is 39.8 Å². The van der Waals surface area contributed by atoms with Crippen molar-refractivity contribution in [1.82, 2.24) is 0 Å². The summed E-state index contributed by atoms with van der Waals surface area (Å²) in [5, 5.41) is 12.0. The Kier molecular flexibility index (Phi) is 7.47. The van der Waals surface area contributed by atoms with Crippen molar-refractivity contribution in [1.29, 1.82) is 10.8 Å². The number of hydrogen-bond acceptors (Lipinski definition) is 6. The van der Waals surface area contributed by atoms with Gasteiger partial charge in [0.25, 0.3) is 0 Å². The first kappa shape index (κ1) is 18.1. The molecule has 1 saturated heterocycles. The van der Waals surface area contributed by atoms with Gasteiger partial charge in [0.1, 0.15) is 11.5 Å². The lowest BCUT2D eigenvalue weighted by Gasteiger charge is -2.31. The third-order valence-electron chi connectivity index (χ3n) is 3.02. The van der Waals surface area contributed by atoms with E-state index in [4.69, 9.17) is 25.0 Å². The molecule has 22 heavy (non-hydrogen) atoms. The second kappa shape index (κ2) is 9.11. The van der Waals surface area contributed by atoms with Gasteiger partial charge in [0.15, 0.2) is 0 Å². The first-order valence-corrected chi connectivity index (χ1v) is 7.56. The highest BCUT2D eigenvalue weighted by atomic mass is 16.5. The molecule has 0 N–H and O–H groups in total. The molecule has 0 bridgehead atoms. The van der Waals surface area contributed by atoms with Gasteiger partial charge >= 0.3 is 0 Å². The van der Waals surface area contributed by atoms with Crippen molar-refractivity contribution in [3.8, 4) is 11.5 Å². The minimum absolute atomic E-state index is 0.159. The maximum absolute atomic E-state index is 6.00. The number of anilines is 1. The molecule has 0 aromatic heterocycles. The van der Waals surface area contributed by atoms with Crippen LogP contribution in [-0.4, -0.2) is 38.5 Å². The van der Waals surface area contributed by atoms with Gasteiger partial charge in [-0.15, -0.1) is 0 Å². The summed E-state index contributed by atoms with van der Waals surface area (Å²) >= 11 is 0. The van der Waals surface area contributed by atoms with E-state index in [9.17, 15) is 0 Å². The Hall–Kier alpha value is -2.00. The number of morpholine rings is 1. The van der Waals surface area contributed by atoms with Crippen LogP contribution in [0.1, 0.15) is 27.7 Å². The minimum atomic E-state index is 0.159. The Bertz CT molecular complexity index is 469. The molecule has 0 unspecified atom stereocenters. The zero-order valence-electron chi connectivity index (χ0n) is 13.8. The molecule has 0 radical (unpaired) electrons. The fourth-order valence-corrected chi connectivity index (χ4v) is 2.25. The van der Waals surface area contributed by atoms with E-state index in [0.717, 1.165) is 43.5 Å². The molecule has 0 saturated carbocycles. The van der Waals surface area contributed by atoms with Gasteiger partial charge in [-0.25, -0.2) is 0 Å². The van der Waals surface area contributed by atoms with E-state index < -0.39 is 0 Å². The summed E-state index contributed by atoms with van der Waals surface area (Å²) in [5.74, 6) is 1.80.